The van der Waals surface area contributed by atoms with Crippen molar-refractivity contribution in [2.24, 2.45) is 0 Å². The number of fused-ring (bicyclic) bond motifs is 11. The van der Waals surface area contributed by atoms with Crippen molar-refractivity contribution in [3.63, 3.8) is 0 Å². The quantitative estimate of drug-likeness (QED) is 0.482. The molecular formula is C26H34O2S2. The van der Waals surface area contributed by atoms with Gasteiger partial charge in [0, 0.05) is 10.5 Å². The minimum atomic E-state index is 0.431. The van der Waals surface area contributed by atoms with Gasteiger partial charge in [-0.2, -0.15) is 23.5 Å². The molecule has 2 unspecified atom stereocenters. The van der Waals surface area contributed by atoms with Crippen molar-refractivity contribution in [2.45, 2.75) is 61.9 Å². The molecule has 2 heterocycles. The van der Waals surface area contributed by atoms with Crippen LogP contribution in [0.4, 0.5) is 0 Å². The largest absolute Gasteiger partial charge is 0.494 e. The number of hydrogen-bond donors (Lipinski definition) is 0. The lowest BCUT2D eigenvalue weighted by atomic mass is 9.94. The average Bonchev–Trinajstić information content (AvgIpc) is 2.75. The van der Waals surface area contributed by atoms with Crippen molar-refractivity contribution >= 4 is 23.5 Å². The van der Waals surface area contributed by atoms with Gasteiger partial charge in [-0.25, -0.2) is 0 Å². The monoisotopic (exact) mass is 442 g/mol. The van der Waals surface area contributed by atoms with Gasteiger partial charge >= 0.3 is 0 Å². The smallest absolute Gasteiger partial charge is 0.119 e. The fourth-order valence-corrected chi connectivity index (χ4v) is 6.07. The molecule has 1 aliphatic carbocycles. The van der Waals surface area contributed by atoms with E-state index in [-0.39, 0.29) is 0 Å². The number of benzene rings is 2. The molecule has 0 amide bonds. The first-order chi connectivity index (χ1) is 14.7. The van der Waals surface area contributed by atoms with E-state index in [2.05, 4.69) is 48.9 Å². The molecule has 6 bridgehead atoms. The first kappa shape index (κ1) is 22.0. The van der Waals surface area contributed by atoms with E-state index in [0.717, 1.165) is 50.4 Å². The van der Waals surface area contributed by atoms with Gasteiger partial charge in [0.2, 0.25) is 0 Å². The zero-order valence-electron chi connectivity index (χ0n) is 18.3. The van der Waals surface area contributed by atoms with Crippen LogP contribution >= 0.6 is 23.5 Å². The SMILES string of the molecule is CSC1Cc2cc3cc(c2)C(SC)Cc2cc(cc1c2)OCCCCCCCCO3. The van der Waals surface area contributed by atoms with Gasteiger partial charge in [0.15, 0.2) is 0 Å². The fourth-order valence-electron chi connectivity index (χ4n) is 4.54. The van der Waals surface area contributed by atoms with Gasteiger partial charge in [-0.15, -0.1) is 0 Å². The average molecular weight is 443 g/mol. The number of thioether (sulfide) groups is 2. The van der Waals surface area contributed by atoms with Crippen molar-refractivity contribution in [3.05, 3.63) is 58.7 Å². The summed E-state index contributed by atoms with van der Waals surface area (Å²) in [4.78, 5) is 0. The molecule has 2 aromatic rings. The van der Waals surface area contributed by atoms with Gasteiger partial charge in [0.05, 0.1) is 13.2 Å². The van der Waals surface area contributed by atoms with E-state index in [1.54, 1.807) is 0 Å². The topological polar surface area (TPSA) is 18.5 Å². The molecule has 2 aromatic carbocycles. The molecule has 0 saturated carbocycles. The maximum atomic E-state index is 6.24. The third-order valence-electron chi connectivity index (χ3n) is 6.21. The molecule has 2 aliphatic heterocycles. The van der Waals surface area contributed by atoms with Crippen LogP contribution in [0.3, 0.4) is 0 Å². The zero-order valence-corrected chi connectivity index (χ0v) is 20.0. The van der Waals surface area contributed by atoms with Crippen molar-refractivity contribution in [1.82, 2.24) is 0 Å². The van der Waals surface area contributed by atoms with Gasteiger partial charge in [0.1, 0.15) is 11.5 Å². The van der Waals surface area contributed by atoms with Gasteiger partial charge < -0.3 is 9.47 Å². The van der Waals surface area contributed by atoms with E-state index in [1.807, 2.05) is 23.5 Å². The lowest BCUT2D eigenvalue weighted by Gasteiger charge is -2.24. The third kappa shape index (κ3) is 5.70. The Bertz CT molecular complexity index is 766. The molecule has 0 saturated heterocycles. The maximum Gasteiger partial charge on any atom is 0.119 e. The first-order valence-corrected chi connectivity index (χ1v) is 13.9. The summed E-state index contributed by atoms with van der Waals surface area (Å²) < 4.78 is 12.5. The van der Waals surface area contributed by atoms with E-state index >= 15 is 0 Å². The summed E-state index contributed by atoms with van der Waals surface area (Å²) >= 11 is 3.87. The molecule has 5 rings (SSSR count). The van der Waals surface area contributed by atoms with Crippen LogP contribution in [0, 0.1) is 0 Å². The van der Waals surface area contributed by atoms with E-state index in [4.69, 9.17) is 9.47 Å². The molecule has 0 radical (unpaired) electrons. The van der Waals surface area contributed by atoms with E-state index in [0.29, 0.717) is 10.5 Å². The van der Waals surface area contributed by atoms with E-state index < -0.39 is 0 Å². The summed E-state index contributed by atoms with van der Waals surface area (Å²) in [6.45, 7) is 1.65. The highest BCUT2D eigenvalue weighted by atomic mass is 32.2. The molecule has 4 heteroatoms. The van der Waals surface area contributed by atoms with Crippen LogP contribution in [0.1, 0.15) is 71.3 Å². The second kappa shape index (κ2) is 10.9. The van der Waals surface area contributed by atoms with Crippen molar-refractivity contribution in [3.8, 4) is 11.5 Å². The Hall–Kier alpha value is -1.26. The van der Waals surface area contributed by atoms with Crippen molar-refractivity contribution in [1.29, 1.82) is 0 Å². The Kier molecular flexibility index (Phi) is 7.95. The Labute approximate surface area is 190 Å². The molecule has 2 atom stereocenters. The van der Waals surface area contributed by atoms with Crippen molar-refractivity contribution < 1.29 is 9.47 Å². The summed E-state index contributed by atoms with van der Waals surface area (Å²) in [5.74, 6) is 2.10. The minimum absolute atomic E-state index is 0.431. The maximum absolute atomic E-state index is 6.24. The standard InChI is InChI=1S/C26H34O2S2/c1-29-25-15-19-12-22-18-24(13-19)28-10-8-6-4-3-5-7-9-27-23-14-20(11-21(25)17-23)16-26(22)30-2/h11-14,17-18,25-26H,3-10,15-16H2,1-2H3. The van der Waals surface area contributed by atoms with Crippen molar-refractivity contribution in [2.75, 3.05) is 25.7 Å². The normalized spacial score (nSPS) is 22.5. The Morgan fingerprint density at radius 1 is 0.600 bits per heavy atom. The van der Waals surface area contributed by atoms with Gasteiger partial charge in [0.25, 0.3) is 0 Å². The Morgan fingerprint density at radius 2 is 1.03 bits per heavy atom. The molecule has 162 valence electrons. The predicted molar refractivity (Wildman–Crippen MR) is 131 cm³/mol. The van der Waals surface area contributed by atoms with Gasteiger partial charge in [-0.1, -0.05) is 37.8 Å². The second-order valence-corrected chi connectivity index (χ2v) is 10.6. The van der Waals surface area contributed by atoms with E-state index in [9.17, 15) is 0 Å². The third-order valence-corrected chi connectivity index (χ3v) is 8.22. The lowest BCUT2D eigenvalue weighted by Crippen LogP contribution is -2.09. The zero-order chi connectivity index (χ0) is 20.8. The predicted octanol–water partition coefficient (Wildman–Crippen LogP) is 7.41. The number of hydrogen-bond acceptors (Lipinski definition) is 4. The number of ether oxygens (including phenoxy) is 2. The van der Waals surface area contributed by atoms with Crippen LogP contribution in [-0.4, -0.2) is 25.7 Å². The van der Waals surface area contributed by atoms with Gasteiger partial charge in [-0.3, -0.25) is 0 Å². The summed E-state index contributed by atoms with van der Waals surface area (Å²) in [6.07, 6.45) is 13.9. The van der Waals surface area contributed by atoms with Crippen LogP contribution in [-0.2, 0) is 12.8 Å². The summed E-state index contributed by atoms with van der Waals surface area (Å²) in [5.41, 5.74) is 5.56. The highest BCUT2D eigenvalue weighted by Crippen LogP contribution is 2.40. The Balaban J connectivity index is 1.74. The number of rotatable bonds is 2. The lowest BCUT2D eigenvalue weighted by molar-refractivity contribution is 0.296. The van der Waals surface area contributed by atoms with Crippen LogP contribution in [0.2, 0.25) is 0 Å². The Morgan fingerprint density at radius 3 is 1.47 bits per heavy atom. The molecule has 2 nitrogen and oxygen atoms in total. The van der Waals surface area contributed by atoms with Crippen LogP contribution in [0.5, 0.6) is 11.5 Å². The summed E-state index contributed by atoms with van der Waals surface area (Å²) in [6, 6.07) is 13.9. The van der Waals surface area contributed by atoms with Gasteiger partial charge in [-0.05, 0) is 84.7 Å². The van der Waals surface area contributed by atoms with Crippen LogP contribution in [0.15, 0.2) is 36.4 Å². The highest BCUT2D eigenvalue weighted by molar-refractivity contribution is 7.99. The first-order valence-electron chi connectivity index (χ1n) is 11.3. The molecular weight excluding hydrogens is 408 g/mol. The summed E-state index contributed by atoms with van der Waals surface area (Å²) in [5, 5.41) is 0.861. The molecule has 30 heavy (non-hydrogen) atoms. The minimum Gasteiger partial charge on any atom is -0.494 e. The second-order valence-electron chi connectivity index (χ2n) is 8.50. The molecule has 0 fully saturated rings. The fraction of sp³-hybridized carbons (Fsp3) is 0.538. The molecule has 0 spiro atoms. The molecule has 0 aromatic heterocycles. The summed E-state index contributed by atoms with van der Waals surface area (Å²) in [7, 11) is 0. The molecule has 3 aliphatic rings. The highest BCUT2D eigenvalue weighted by Gasteiger charge is 2.21. The van der Waals surface area contributed by atoms with E-state index in [1.165, 1.54) is 47.9 Å². The van der Waals surface area contributed by atoms with Crippen LogP contribution < -0.4 is 9.47 Å². The van der Waals surface area contributed by atoms with Crippen LogP contribution in [0.25, 0.3) is 0 Å². The molecule has 0 N–H and O–H groups in total.